The molecule has 5 nitrogen and oxygen atoms in total. The van der Waals surface area contributed by atoms with Crippen LogP contribution in [-0.4, -0.2) is 19.7 Å². The average Bonchev–Trinajstić information content (AvgIpc) is 2.65. The number of aryl methyl sites for hydroxylation is 1. The SMILES string of the molecule is Cc1nccn1Cc1nnco1. The largest absolute Gasteiger partial charge is 0.426 e. The summed E-state index contributed by atoms with van der Waals surface area (Å²) in [5, 5.41) is 7.35. The maximum Gasteiger partial charge on any atom is 0.235 e. The minimum absolute atomic E-state index is 0.589. The van der Waals surface area contributed by atoms with Crippen LogP contribution in [0.4, 0.5) is 0 Å². The van der Waals surface area contributed by atoms with Crippen LogP contribution in [0.25, 0.3) is 0 Å². The fourth-order valence-electron chi connectivity index (χ4n) is 0.981. The minimum Gasteiger partial charge on any atom is -0.426 e. The summed E-state index contributed by atoms with van der Waals surface area (Å²) >= 11 is 0. The molecule has 0 radical (unpaired) electrons. The second-order valence-corrected chi connectivity index (χ2v) is 2.43. The second kappa shape index (κ2) is 2.77. The highest BCUT2D eigenvalue weighted by molar-refractivity contribution is 4.91. The molecule has 0 atom stereocenters. The van der Waals surface area contributed by atoms with Crippen molar-refractivity contribution in [2.24, 2.45) is 0 Å². The Morgan fingerprint density at radius 2 is 2.50 bits per heavy atom. The maximum absolute atomic E-state index is 4.99. The molecule has 0 unspecified atom stereocenters. The van der Waals surface area contributed by atoms with Gasteiger partial charge in [-0.3, -0.25) is 0 Å². The molecule has 0 aromatic carbocycles. The lowest BCUT2D eigenvalue weighted by Crippen LogP contribution is -2.00. The molecule has 12 heavy (non-hydrogen) atoms. The molecule has 0 spiro atoms. The van der Waals surface area contributed by atoms with E-state index in [9.17, 15) is 0 Å². The van der Waals surface area contributed by atoms with E-state index in [4.69, 9.17) is 4.42 Å². The molecule has 0 saturated heterocycles. The molecule has 0 bridgehead atoms. The molecule has 0 amide bonds. The molecule has 2 rings (SSSR count). The van der Waals surface area contributed by atoms with Crippen molar-refractivity contribution in [1.82, 2.24) is 19.7 Å². The third-order valence-corrected chi connectivity index (χ3v) is 1.63. The molecule has 0 N–H and O–H groups in total. The van der Waals surface area contributed by atoms with Crippen LogP contribution in [0, 0.1) is 6.92 Å². The summed E-state index contributed by atoms with van der Waals surface area (Å²) < 4.78 is 6.93. The van der Waals surface area contributed by atoms with Gasteiger partial charge in [-0.25, -0.2) is 4.98 Å². The molecular weight excluding hydrogens is 156 g/mol. The van der Waals surface area contributed by atoms with Gasteiger partial charge in [-0.15, -0.1) is 10.2 Å². The highest BCUT2D eigenvalue weighted by atomic mass is 16.4. The lowest BCUT2D eigenvalue weighted by molar-refractivity contribution is 0.474. The van der Waals surface area contributed by atoms with Gasteiger partial charge in [0.15, 0.2) is 0 Å². The van der Waals surface area contributed by atoms with E-state index in [1.165, 1.54) is 6.39 Å². The van der Waals surface area contributed by atoms with Crippen LogP contribution in [-0.2, 0) is 6.54 Å². The van der Waals surface area contributed by atoms with Crippen molar-refractivity contribution >= 4 is 0 Å². The molecule has 2 aromatic rings. The van der Waals surface area contributed by atoms with Gasteiger partial charge in [0, 0.05) is 12.4 Å². The van der Waals surface area contributed by atoms with E-state index in [1.807, 2.05) is 17.7 Å². The van der Waals surface area contributed by atoms with Gasteiger partial charge < -0.3 is 8.98 Å². The zero-order chi connectivity index (χ0) is 8.39. The molecule has 62 valence electrons. The van der Waals surface area contributed by atoms with E-state index in [2.05, 4.69) is 15.2 Å². The summed E-state index contributed by atoms with van der Waals surface area (Å²) in [7, 11) is 0. The Balaban J connectivity index is 2.20. The highest BCUT2D eigenvalue weighted by Crippen LogP contribution is 2.00. The quantitative estimate of drug-likeness (QED) is 0.653. The summed E-state index contributed by atoms with van der Waals surface area (Å²) in [4.78, 5) is 4.07. The van der Waals surface area contributed by atoms with Crippen molar-refractivity contribution in [2.45, 2.75) is 13.5 Å². The van der Waals surface area contributed by atoms with Gasteiger partial charge in [0.05, 0.1) is 0 Å². The number of hydrogen-bond donors (Lipinski definition) is 0. The summed E-state index contributed by atoms with van der Waals surface area (Å²) in [5.41, 5.74) is 0. The van der Waals surface area contributed by atoms with Gasteiger partial charge in [-0.1, -0.05) is 0 Å². The van der Waals surface area contributed by atoms with E-state index < -0.39 is 0 Å². The zero-order valence-electron chi connectivity index (χ0n) is 6.64. The molecule has 0 aliphatic carbocycles. The predicted octanol–water partition coefficient (Wildman–Crippen LogP) is 0.623. The van der Waals surface area contributed by atoms with Crippen LogP contribution in [0.15, 0.2) is 23.2 Å². The number of imidazole rings is 1. The standard InChI is InChI=1S/C7H8N4O/c1-6-8-2-3-11(6)4-7-10-9-5-12-7/h2-3,5H,4H2,1H3. The number of nitrogens with zero attached hydrogens (tertiary/aromatic N) is 4. The molecule has 0 saturated carbocycles. The Bertz CT molecular complexity index is 351. The first-order chi connectivity index (χ1) is 5.86. The first kappa shape index (κ1) is 7.02. The van der Waals surface area contributed by atoms with E-state index in [-0.39, 0.29) is 0 Å². The van der Waals surface area contributed by atoms with E-state index >= 15 is 0 Å². The smallest absolute Gasteiger partial charge is 0.235 e. The molecule has 0 fully saturated rings. The molecular formula is C7H8N4O. The van der Waals surface area contributed by atoms with Gasteiger partial charge >= 0.3 is 0 Å². The van der Waals surface area contributed by atoms with Crippen LogP contribution in [0.3, 0.4) is 0 Å². The Labute approximate surface area is 69.1 Å². The topological polar surface area (TPSA) is 56.7 Å². The first-order valence-corrected chi connectivity index (χ1v) is 3.59. The van der Waals surface area contributed by atoms with Crippen molar-refractivity contribution in [2.75, 3.05) is 0 Å². The summed E-state index contributed by atoms with van der Waals surface area (Å²) in [6.07, 6.45) is 4.94. The van der Waals surface area contributed by atoms with Crippen LogP contribution in [0.5, 0.6) is 0 Å². The van der Waals surface area contributed by atoms with Crippen molar-refractivity contribution in [3.63, 3.8) is 0 Å². The Morgan fingerprint density at radius 3 is 3.08 bits per heavy atom. The van der Waals surface area contributed by atoms with Gasteiger partial charge in [-0.05, 0) is 6.92 Å². The lowest BCUT2D eigenvalue weighted by Gasteiger charge is -1.98. The molecule has 5 heteroatoms. The van der Waals surface area contributed by atoms with Crippen molar-refractivity contribution < 1.29 is 4.42 Å². The van der Waals surface area contributed by atoms with Crippen molar-refractivity contribution in [3.8, 4) is 0 Å². The van der Waals surface area contributed by atoms with Crippen molar-refractivity contribution in [3.05, 3.63) is 30.5 Å². The molecule has 0 aliphatic rings. The Kier molecular flexibility index (Phi) is 1.62. The Morgan fingerprint density at radius 1 is 1.58 bits per heavy atom. The van der Waals surface area contributed by atoms with Crippen LogP contribution >= 0.6 is 0 Å². The molecule has 2 heterocycles. The first-order valence-electron chi connectivity index (χ1n) is 3.59. The third kappa shape index (κ3) is 1.20. The zero-order valence-corrected chi connectivity index (χ0v) is 6.64. The van der Waals surface area contributed by atoms with E-state index in [0.29, 0.717) is 12.4 Å². The normalized spacial score (nSPS) is 10.4. The lowest BCUT2D eigenvalue weighted by atomic mass is 10.6. The highest BCUT2D eigenvalue weighted by Gasteiger charge is 2.01. The fraction of sp³-hybridized carbons (Fsp3) is 0.286. The van der Waals surface area contributed by atoms with Gasteiger partial charge in [0.2, 0.25) is 12.3 Å². The van der Waals surface area contributed by atoms with Crippen LogP contribution < -0.4 is 0 Å². The van der Waals surface area contributed by atoms with Crippen LogP contribution in [0.2, 0.25) is 0 Å². The summed E-state index contributed by atoms with van der Waals surface area (Å²) in [5.74, 6) is 1.53. The number of rotatable bonds is 2. The van der Waals surface area contributed by atoms with Gasteiger partial charge in [0.25, 0.3) is 0 Å². The number of hydrogen-bond acceptors (Lipinski definition) is 4. The van der Waals surface area contributed by atoms with Gasteiger partial charge in [-0.2, -0.15) is 0 Å². The third-order valence-electron chi connectivity index (χ3n) is 1.63. The maximum atomic E-state index is 4.99. The Hall–Kier alpha value is -1.65. The van der Waals surface area contributed by atoms with E-state index in [1.54, 1.807) is 6.20 Å². The monoisotopic (exact) mass is 164 g/mol. The van der Waals surface area contributed by atoms with Gasteiger partial charge in [0.1, 0.15) is 12.4 Å². The average molecular weight is 164 g/mol. The van der Waals surface area contributed by atoms with Crippen LogP contribution in [0.1, 0.15) is 11.7 Å². The van der Waals surface area contributed by atoms with Crippen molar-refractivity contribution in [1.29, 1.82) is 0 Å². The summed E-state index contributed by atoms with van der Waals surface area (Å²) in [6.45, 7) is 2.52. The molecule has 0 aliphatic heterocycles. The van der Waals surface area contributed by atoms with E-state index in [0.717, 1.165) is 5.82 Å². The molecule has 2 aromatic heterocycles. The minimum atomic E-state index is 0.589. The summed E-state index contributed by atoms with van der Waals surface area (Å²) in [6, 6.07) is 0. The fourth-order valence-corrected chi connectivity index (χ4v) is 0.981. The second-order valence-electron chi connectivity index (χ2n) is 2.43. The predicted molar refractivity (Wildman–Crippen MR) is 40.4 cm³/mol. The number of aromatic nitrogens is 4.